The average molecular weight is 329 g/mol. The van der Waals surface area contributed by atoms with Crippen molar-refractivity contribution in [1.82, 2.24) is 4.90 Å². The minimum absolute atomic E-state index is 0.00360. The summed E-state index contributed by atoms with van der Waals surface area (Å²) in [7, 11) is 0. The van der Waals surface area contributed by atoms with E-state index < -0.39 is 0 Å². The molecular formula is C21H32N2O. The highest BCUT2D eigenvalue weighted by molar-refractivity contribution is 5.88. The fourth-order valence-corrected chi connectivity index (χ4v) is 4.57. The van der Waals surface area contributed by atoms with Gasteiger partial charge < -0.3 is 10.6 Å². The molecule has 0 spiro atoms. The van der Waals surface area contributed by atoms with Crippen LogP contribution in [0.3, 0.4) is 0 Å². The molecule has 0 aromatic heterocycles. The predicted molar refractivity (Wildman–Crippen MR) is 98.9 cm³/mol. The van der Waals surface area contributed by atoms with Crippen molar-refractivity contribution < 1.29 is 4.79 Å². The van der Waals surface area contributed by atoms with E-state index in [2.05, 4.69) is 49.9 Å². The summed E-state index contributed by atoms with van der Waals surface area (Å²) in [5, 5.41) is 0. The third-order valence-electron chi connectivity index (χ3n) is 6.29. The summed E-state index contributed by atoms with van der Waals surface area (Å²) in [6.07, 6.45) is 6.42. The summed E-state index contributed by atoms with van der Waals surface area (Å²) < 4.78 is 0. The normalized spacial score (nSPS) is 26.2. The lowest BCUT2D eigenvalue weighted by atomic mass is 9.67. The summed E-state index contributed by atoms with van der Waals surface area (Å²) in [4.78, 5) is 15.8. The minimum Gasteiger partial charge on any atom is -0.341 e. The Bertz CT molecular complexity index is 602. The van der Waals surface area contributed by atoms with Gasteiger partial charge in [0.05, 0.1) is 5.41 Å². The van der Waals surface area contributed by atoms with Gasteiger partial charge in [0.15, 0.2) is 0 Å². The maximum absolute atomic E-state index is 13.7. The van der Waals surface area contributed by atoms with E-state index in [-0.39, 0.29) is 16.9 Å². The molecular weight excluding hydrogens is 296 g/mol. The van der Waals surface area contributed by atoms with Crippen LogP contribution < -0.4 is 5.73 Å². The molecule has 1 aliphatic heterocycles. The van der Waals surface area contributed by atoms with E-state index in [1.807, 2.05) is 0 Å². The second kappa shape index (κ2) is 6.51. The van der Waals surface area contributed by atoms with Gasteiger partial charge in [-0.3, -0.25) is 4.79 Å². The standard InChI is InChI=1S/C21H32N2O/c1-16-8-7-9-17(14-16)21(11-5-4-6-12-21)19(24)23-13-10-18(22)20(2,3)15-23/h7-9,14,18H,4-6,10-13,15,22H2,1-3H3. The molecule has 3 heteroatoms. The molecule has 1 saturated heterocycles. The van der Waals surface area contributed by atoms with Crippen LogP contribution in [0.4, 0.5) is 0 Å². The monoisotopic (exact) mass is 328 g/mol. The van der Waals surface area contributed by atoms with Crippen molar-refractivity contribution in [2.24, 2.45) is 11.1 Å². The van der Waals surface area contributed by atoms with E-state index in [0.717, 1.165) is 45.2 Å². The number of carbonyl (C=O) groups excluding carboxylic acids is 1. The van der Waals surface area contributed by atoms with Gasteiger partial charge in [0.25, 0.3) is 0 Å². The highest BCUT2D eigenvalue weighted by Gasteiger charge is 2.46. The number of piperidine rings is 1. The van der Waals surface area contributed by atoms with E-state index in [4.69, 9.17) is 5.73 Å². The van der Waals surface area contributed by atoms with Crippen LogP contribution in [0.2, 0.25) is 0 Å². The first kappa shape index (κ1) is 17.5. The molecule has 3 rings (SSSR count). The topological polar surface area (TPSA) is 46.3 Å². The van der Waals surface area contributed by atoms with Crippen LogP contribution in [0.1, 0.15) is 63.5 Å². The molecule has 1 unspecified atom stereocenters. The third-order valence-corrected chi connectivity index (χ3v) is 6.29. The number of aryl methyl sites for hydroxylation is 1. The smallest absolute Gasteiger partial charge is 0.233 e. The zero-order valence-electron chi connectivity index (χ0n) is 15.5. The molecule has 132 valence electrons. The fourth-order valence-electron chi connectivity index (χ4n) is 4.57. The van der Waals surface area contributed by atoms with Crippen molar-refractivity contribution in [3.05, 3.63) is 35.4 Å². The van der Waals surface area contributed by atoms with Crippen molar-refractivity contribution in [3.63, 3.8) is 0 Å². The molecule has 0 bridgehead atoms. The molecule has 1 saturated carbocycles. The lowest BCUT2D eigenvalue weighted by Gasteiger charge is -2.47. The third kappa shape index (κ3) is 3.11. The average Bonchev–Trinajstić information content (AvgIpc) is 2.57. The highest BCUT2D eigenvalue weighted by Crippen LogP contribution is 2.42. The Hall–Kier alpha value is -1.35. The van der Waals surface area contributed by atoms with Crippen LogP contribution in [0.15, 0.2) is 24.3 Å². The van der Waals surface area contributed by atoms with Gasteiger partial charge in [0, 0.05) is 19.1 Å². The molecule has 1 aliphatic carbocycles. The second-order valence-corrected chi connectivity index (χ2v) is 8.62. The van der Waals surface area contributed by atoms with Gasteiger partial charge in [0.2, 0.25) is 5.91 Å². The first-order chi connectivity index (χ1) is 11.3. The molecule has 3 nitrogen and oxygen atoms in total. The van der Waals surface area contributed by atoms with Gasteiger partial charge in [0.1, 0.15) is 0 Å². The number of nitrogens with two attached hydrogens (primary N) is 1. The number of hydrogen-bond acceptors (Lipinski definition) is 2. The number of amides is 1. The largest absolute Gasteiger partial charge is 0.341 e. The summed E-state index contributed by atoms with van der Waals surface area (Å²) in [5.41, 5.74) is 8.42. The zero-order valence-corrected chi connectivity index (χ0v) is 15.5. The van der Waals surface area contributed by atoms with Crippen LogP contribution in [0.5, 0.6) is 0 Å². The van der Waals surface area contributed by atoms with Crippen LogP contribution in [-0.4, -0.2) is 29.9 Å². The molecule has 1 atom stereocenters. The predicted octanol–water partition coefficient (Wildman–Crippen LogP) is 3.78. The first-order valence-electron chi connectivity index (χ1n) is 9.47. The van der Waals surface area contributed by atoms with Gasteiger partial charge in [-0.1, -0.05) is 62.9 Å². The van der Waals surface area contributed by atoms with Gasteiger partial charge in [-0.2, -0.15) is 0 Å². The number of carbonyl (C=O) groups is 1. The van der Waals surface area contributed by atoms with Crippen LogP contribution >= 0.6 is 0 Å². The quantitative estimate of drug-likeness (QED) is 0.898. The van der Waals surface area contributed by atoms with Crippen LogP contribution in [-0.2, 0) is 10.2 Å². The Morgan fingerprint density at radius 1 is 1.21 bits per heavy atom. The molecule has 2 N–H and O–H groups in total. The molecule has 24 heavy (non-hydrogen) atoms. The van der Waals surface area contributed by atoms with Crippen molar-refractivity contribution in [2.45, 2.75) is 70.8 Å². The van der Waals surface area contributed by atoms with Crippen molar-refractivity contribution in [3.8, 4) is 0 Å². The van der Waals surface area contributed by atoms with Crippen molar-refractivity contribution in [2.75, 3.05) is 13.1 Å². The Labute approximate surface area is 146 Å². The molecule has 1 amide bonds. The van der Waals surface area contributed by atoms with Crippen LogP contribution in [0.25, 0.3) is 0 Å². The summed E-state index contributed by atoms with van der Waals surface area (Å²) in [6.45, 7) is 8.08. The lowest BCUT2D eigenvalue weighted by molar-refractivity contribution is -0.142. The van der Waals surface area contributed by atoms with Crippen LogP contribution in [0, 0.1) is 12.3 Å². The Morgan fingerprint density at radius 3 is 2.54 bits per heavy atom. The zero-order chi connectivity index (χ0) is 17.4. The minimum atomic E-state index is -0.318. The number of rotatable bonds is 2. The van der Waals surface area contributed by atoms with E-state index >= 15 is 0 Å². The summed E-state index contributed by atoms with van der Waals surface area (Å²) >= 11 is 0. The second-order valence-electron chi connectivity index (χ2n) is 8.62. The number of hydrogen-bond donors (Lipinski definition) is 1. The van der Waals surface area contributed by atoms with Crippen molar-refractivity contribution in [1.29, 1.82) is 0 Å². The molecule has 0 radical (unpaired) electrons. The van der Waals surface area contributed by atoms with Gasteiger partial charge >= 0.3 is 0 Å². The Balaban J connectivity index is 1.93. The highest BCUT2D eigenvalue weighted by atomic mass is 16.2. The van der Waals surface area contributed by atoms with Gasteiger partial charge in [-0.15, -0.1) is 0 Å². The van der Waals surface area contributed by atoms with E-state index in [9.17, 15) is 4.79 Å². The number of nitrogens with zero attached hydrogens (tertiary/aromatic N) is 1. The van der Waals surface area contributed by atoms with Gasteiger partial charge in [-0.25, -0.2) is 0 Å². The summed E-state index contributed by atoms with van der Waals surface area (Å²) in [6, 6.07) is 8.79. The van der Waals surface area contributed by atoms with Gasteiger partial charge in [-0.05, 0) is 37.2 Å². The van der Waals surface area contributed by atoms with Crippen molar-refractivity contribution >= 4 is 5.91 Å². The molecule has 2 fully saturated rings. The van der Waals surface area contributed by atoms with E-state index in [1.165, 1.54) is 17.5 Å². The molecule has 2 aliphatic rings. The Kier molecular flexibility index (Phi) is 4.74. The molecule has 1 heterocycles. The first-order valence-corrected chi connectivity index (χ1v) is 9.47. The number of likely N-dealkylation sites (tertiary alicyclic amines) is 1. The molecule has 1 aromatic rings. The summed E-state index contributed by atoms with van der Waals surface area (Å²) in [5.74, 6) is 0.341. The fraction of sp³-hybridized carbons (Fsp3) is 0.667. The Morgan fingerprint density at radius 2 is 1.92 bits per heavy atom. The maximum atomic E-state index is 13.7. The maximum Gasteiger partial charge on any atom is 0.233 e. The number of benzene rings is 1. The molecule has 1 aromatic carbocycles. The van der Waals surface area contributed by atoms with E-state index in [0.29, 0.717) is 5.91 Å². The SMILES string of the molecule is Cc1cccc(C2(C(=O)N3CCC(N)C(C)(C)C3)CCCCC2)c1. The van der Waals surface area contributed by atoms with E-state index in [1.54, 1.807) is 0 Å². The lowest BCUT2D eigenvalue weighted by Crippen LogP contribution is -2.58.